The second kappa shape index (κ2) is 6.43. The number of benzene rings is 2. The van der Waals surface area contributed by atoms with E-state index in [0.717, 1.165) is 12.0 Å². The molecule has 3 rings (SSSR count). The first-order chi connectivity index (χ1) is 8.89. The first kappa shape index (κ1) is 14.4. The average Bonchev–Trinajstić information content (AvgIpc) is 2.91. The van der Waals surface area contributed by atoms with E-state index in [4.69, 9.17) is 9.47 Å². The Hall–Kier alpha value is -1.02. The van der Waals surface area contributed by atoms with Gasteiger partial charge >= 0.3 is 0 Å². The van der Waals surface area contributed by atoms with Gasteiger partial charge in [-0.2, -0.15) is 30.3 Å². The standard InChI is InChI=1S/C16H15O2.Zn/c1-3-7-14(8-4-1)13-16(17-11-12-18-16)15-9-5-2-6-10-15;/h1,3-10H,11-13H2;/q-1;. The van der Waals surface area contributed by atoms with Gasteiger partial charge in [-0.25, -0.2) is 0 Å². The van der Waals surface area contributed by atoms with Crippen molar-refractivity contribution in [3.63, 3.8) is 0 Å². The molecule has 0 atom stereocenters. The van der Waals surface area contributed by atoms with E-state index in [1.807, 2.05) is 42.5 Å². The molecule has 0 amide bonds. The van der Waals surface area contributed by atoms with Crippen LogP contribution in [0.25, 0.3) is 0 Å². The van der Waals surface area contributed by atoms with Crippen molar-refractivity contribution in [1.82, 2.24) is 0 Å². The topological polar surface area (TPSA) is 18.5 Å². The smallest absolute Gasteiger partial charge is 0.176 e. The van der Waals surface area contributed by atoms with Crippen LogP contribution in [-0.4, -0.2) is 13.2 Å². The number of hydrogen-bond donors (Lipinski definition) is 0. The van der Waals surface area contributed by atoms with Crippen LogP contribution in [-0.2, 0) is 41.2 Å². The van der Waals surface area contributed by atoms with Crippen LogP contribution < -0.4 is 0 Å². The Morgan fingerprint density at radius 1 is 0.947 bits per heavy atom. The van der Waals surface area contributed by atoms with Gasteiger partial charge in [0.25, 0.3) is 0 Å². The van der Waals surface area contributed by atoms with Crippen molar-refractivity contribution in [1.29, 1.82) is 0 Å². The van der Waals surface area contributed by atoms with Gasteiger partial charge in [-0.1, -0.05) is 35.9 Å². The van der Waals surface area contributed by atoms with Crippen molar-refractivity contribution >= 4 is 0 Å². The third-order valence-corrected chi connectivity index (χ3v) is 3.19. The van der Waals surface area contributed by atoms with Gasteiger partial charge in [0, 0.05) is 25.9 Å². The molecule has 0 aliphatic carbocycles. The summed E-state index contributed by atoms with van der Waals surface area (Å²) in [5.41, 5.74) is 2.27. The van der Waals surface area contributed by atoms with E-state index in [-0.39, 0.29) is 19.5 Å². The van der Waals surface area contributed by atoms with Crippen molar-refractivity contribution in [3.05, 3.63) is 71.8 Å². The maximum atomic E-state index is 5.89. The van der Waals surface area contributed by atoms with Gasteiger partial charge in [-0.05, 0) is 5.56 Å². The zero-order valence-electron chi connectivity index (χ0n) is 10.8. The van der Waals surface area contributed by atoms with Crippen molar-refractivity contribution in [3.8, 4) is 0 Å². The van der Waals surface area contributed by atoms with Gasteiger partial charge in [-0.3, -0.25) is 0 Å². The third-order valence-electron chi connectivity index (χ3n) is 3.19. The summed E-state index contributed by atoms with van der Waals surface area (Å²) in [6.45, 7) is 1.29. The van der Waals surface area contributed by atoms with E-state index in [9.17, 15) is 0 Å². The van der Waals surface area contributed by atoms with Crippen LogP contribution in [0.15, 0.2) is 54.6 Å². The van der Waals surface area contributed by atoms with Gasteiger partial charge in [0.05, 0.1) is 13.2 Å². The molecule has 1 aliphatic rings. The van der Waals surface area contributed by atoms with Gasteiger partial charge in [0.15, 0.2) is 5.79 Å². The minimum Gasteiger partial charge on any atom is -0.345 e. The Labute approximate surface area is 126 Å². The summed E-state index contributed by atoms with van der Waals surface area (Å²) in [7, 11) is 0. The quantitative estimate of drug-likeness (QED) is 0.641. The molecule has 2 aromatic rings. The largest absolute Gasteiger partial charge is 0.345 e. The molecule has 0 spiro atoms. The second-order valence-electron chi connectivity index (χ2n) is 4.40. The van der Waals surface area contributed by atoms with Crippen LogP contribution in [0.3, 0.4) is 0 Å². The van der Waals surface area contributed by atoms with Crippen molar-refractivity contribution in [2.75, 3.05) is 13.2 Å². The molecule has 94 valence electrons. The molecule has 2 nitrogen and oxygen atoms in total. The Morgan fingerprint density at radius 3 is 2.21 bits per heavy atom. The molecule has 3 heteroatoms. The Kier molecular flexibility index (Phi) is 4.87. The van der Waals surface area contributed by atoms with Gasteiger partial charge < -0.3 is 9.47 Å². The molecule has 2 aromatic carbocycles. The molecule has 1 saturated heterocycles. The molecular weight excluding hydrogens is 290 g/mol. The van der Waals surface area contributed by atoms with Crippen LogP contribution in [0.2, 0.25) is 0 Å². The van der Waals surface area contributed by atoms with Gasteiger partial charge in [-0.15, -0.1) is 0 Å². The van der Waals surface area contributed by atoms with Crippen LogP contribution in [0.1, 0.15) is 11.1 Å². The van der Waals surface area contributed by atoms with Crippen molar-refractivity contribution in [2.45, 2.75) is 12.2 Å². The second-order valence-corrected chi connectivity index (χ2v) is 4.40. The number of ether oxygens (including phenoxy) is 2. The summed E-state index contributed by atoms with van der Waals surface area (Å²) in [6.07, 6.45) is 0.734. The zero-order chi connectivity index (χ0) is 12.3. The molecule has 1 fully saturated rings. The Balaban J connectivity index is 0.00000133. The van der Waals surface area contributed by atoms with Gasteiger partial charge in [0.2, 0.25) is 0 Å². The monoisotopic (exact) mass is 303 g/mol. The van der Waals surface area contributed by atoms with E-state index >= 15 is 0 Å². The molecule has 19 heavy (non-hydrogen) atoms. The van der Waals surface area contributed by atoms with Crippen molar-refractivity contribution in [2.24, 2.45) is 0 Å². The third kappa shape index (κ3) is 3.12. The fraction of sp³-hybridized carbons (Fsp3) is 0.250. The summed E-state index contributed by atoms with van der Waals surface area (Å²) in [4.78, 5) is 0. The molecule has 0 unspecified atom stereocenters. The first-order valence-corrected chi connectivity index (χ1v) is 6.17. The normalized spacial score (nSPS) is 16.8. The Bertz CT molecular complexity index is 493. The minimum absolute atomic E-state index is 0. The first-order valence-electron chi connectivity index (χ1n) is 6.17. The molecule has 0 radical (unpaired) electrons. The van der Waals surface area contributed by atoms with Crippen LogP contribution in [0.5, 0.6) is 0 Å². The van der Waals surface area contributed by atoms with E-state index in [0.29, 0.717) is 13.2 Å². The summed E-state index contributed by atoms with van der Waals surface area (Å²) in [5.74, 6) is -0.629. The minimum atomic E-state index is -0.629. The summed E-state index contributed by atoms with van der Waals surface area (Å²) >= 11 is 0. The van der Waals surface area contributed by atoms with E-state index in [1.54, 1.807) is 0 Å². The average molecular weight is 305 g/mol. The maximum absolute atomic E-state index is 5.89. The Morgan fingerprint density at radius 2 is 1.58 bits per heavy atom. The van der Waals surface area contributed by atoms with Gasteiger partial charge in [0.1, 0.15) is 0 Å². The summed E-state index contributed by atoms with van der Waals surface area (Å²) in [5, 5.41) is 0. The van der Waals surface area contributed by atoms with E-state index in [1.165, 1.54) is 5.56 Å². The van der Waals surface area contributed by atoms with E-state index in [2.05, 4.69) is 18.2 Å². The van der Waals surface area contributed by atoms with Crippen LogP contribution in [0, 0.1) is 6.07 Å². The molecule has 0 saturated carbocycles. The summed E-state index contributed by atoms with van der Waals surface area (Å²) in [6, 6.07) is 21.1. The molecule has 1 heterocycles. The predicted octanol–water partition coefficient (Wildman–Crippen LogP) is 2.93. The van der Waals surface area contributed by atoms with Crippen molar-refractivity contribution < 1.29 is 29.0 Å². The molecular formula is C16H15O2Zn-. The molecule has 0 N–H and O–H groups in total. The van der Waals surface area contributed by atoms with Crippen LogP contribution in [0.4, 0.5) is 0 Å². The number of hydrogen-bond acceptors (Lipinski definition) is 2. The molecule has 0 bridgehead atoms. The number of rotatable bonds is 3. The van der Waals surface area contributed by atoms with E-state index < -0.39 is 5.79 Å². The maximum Gasteiger partial charge on any atom is 0.176 e. The fourth-order valence-corrected chi connectivity index (χ4v) is 2.33. The SMILES string of the molecule is [Zn].[c-]1ccc(C2(Cc3ccccc3)OCCO2)cc1. The zero-order valence-corrected chi connectivity index (χ0v) is 13.8. The van der Waals surface area contributed by atoms with Crippen LogP contribution >= 0.6 is 0 Å². The summed E-state index contributed by atoms with van der Waals surface area (Å²) < 4.78 is 11.8. The molecule has 0 aromatic heterocycles. The molecule has 1 aliphatic heterocycles. The fourth-order valence-electron chi connectivity index (χ4n) is 2.33. The predicted molar refractivity (Wildman–Crippen MR) is 69.0 cm³/mol.